The number of hydrogen-bond donors (Lipinski definition) is 1. The van der Waals surface area contributed by atoms with Crippen molar-refractivity contribution in [2.24, 2.45) is 0 Å². The molecule has 0 amide bonds. The first kappa shape index (κ1) is 13.5. The Labute approximate surface area is 112 Å². The Morgan fingerprint density at radius 3 is 2.72 bits per heavy atom. The number of aromatic nitrogens is 3. The van der Waals surface area contributed by atoms with Crippen LogP contribution in [0.1, 0.15) is 26.3 Å². The van der Waals surface area contributed by atoms with Crippen molar-refractivity contribution >= 4 is 28.0 Å². The van der Waals surface area contributed by atoms with Gasteiger partial charge in [-0.15, -0.1) is 5.10 Å². The zero-order valence-corrected chi connectivity index (χ0v) is 12.2. The molecule has 1 aromatic rings. The van der Waals surface area contributed by atoms with E-state index in [-0.39, 0.29) is 17.5 Å². The summed E-state index contributed by atoms with van der Waals surface area (Å²) in [5.74, 6) is 1.19. The highest BCUT2D eigenvalue weighted by molar-refractivity contribution is 7.91. The smallest absolute Gasteiger partial charge is 0.225 e. The van der Waals surface area contributed by atoms with E-state index in [2.05, 4.69) is 10.2 Å². The van der Waals surface area contributed by atoms with Crippen molar-refractivity contribution in [3.63, 3.8) is 0 Å². The monoisotopic (exact) mass is 290 g/mol. The van der Waals surface area contributed by atoms with Crippen LogP contribution < -0.4 is 4.90 Å². The lowest BCUT2D eigenvalue weighted by molar-refractivity contribution is 0.578. The Morgan fingerprint density at radius 1 is 1.33 bits per heavy atom. The van der Waals surface area contributed by atoms with Gasteiger partial charge in [-0.1, -0.05) is 0 Å². The lowest BCUT2D eigenvalue weighted by Crippen LogP contribution is -2.30. The minimum absolute atomic E-state index is 0.185. The minimum atomic E-state index is -2.90. The molecule has 0 unspecified atom stereocenters. The number of nitrogens with one attached hydrogen (secondary N) is 1. The van der Waals surface area contributed by atoms with E-state index < -0.39 is 9.84 Å². The number of sulfone groups is 1. The Morgan fingerprint density at radius 2 is 2.06 bits per heavy atom. The van der Waals surface area contributed by atoms with Gasteiger partial charge in [-0.2, -0.15) is 0 Å². The van der Waals surface area contributed by atoms with Crippen LogP contribution in [0.25, 0.3) is 0 Å². The molecule has 0 atom stereocenters. The summed E-state index contributed by atoms with van der Waals surface area (Å²) in [5.41, 5.74) is 0. The Bertz CT molecular complexity index is 573. The quantitative estimate of drug-likeness (QED) is 0.827. The zero-order chi connectivity index (χ0) is 13.3. The molecule has 0 saturated carbocycles. The fourth-order valence-electron chi connectivity index (χ4n) is 2.12. The molecule has 8 heteroatoms. The molecule has 0 spiro atoms. The third-order valence-corrected chi connectivity index (χ3v) is 5.04. The maximum absolute atomic E-state index is 11.6. The number of aromatic amines is 1. The van der Waals surface area contributed by atoms with Crippen LogP contribution in [0, 0.1) is 4.77 Å². The normalized spacial score (nSPS) is 20.1. The van der Waals surface area contributed by atoms with Crippen LogP contribution in [-0.2, 0) is 9.84 Å². The van der Waals surface area contributed by atoms with Gasteiger partial charge in [0.15, 0.2) is 14.6 Å². The van der Waals surface area contributed by atoms with Crippen LogP contribution >= 0.6 is 12.2 Å². The molecular formula is C10H18N4O2S2. The van der Waals surface area contributed by atoms with E-state index in [1.807, 2.05) is 23.3 Å². The average Bonchev–Trinajstić information content (AvgIpc) is 2.55. The summed E-state index contributed by atoms with van der Waals surface area (Å²) in [4.78, 5) is 2.00. The van der Waals surface area contributed by atoms with Gasteiger partial charge in [0.25, 0.3) is 0 Å². The summed E-state index contributed by atoms with van der Waals surface area (Å²) in [6.45, 7) is 5.24. The van der Waals surface area contributed by atoms with Crippen LogP contribution in [-0.4, -0.2) is 47.8 Å². The van der Waals surface area contributed by atoms with Crippen molar-refractivity contribution in [2.75, 3.05) is 29.5 Å². The topological polar surface area (TPSA) is 71.0 Å². The van der Waals surface area contributed by atoms with Gasteiger partial charge in [-0.05, 0) is 32.5 Å². The maximum atomic E-state index is 11.6. The first-order valence-electron chi connectivity index (χ1n) is 6.03. The van der Waals surface area contributed by atoms with E-state index in [0.717, 1.165) is 5.95 Å². The van der Waals surface area contributed by atoms with E-state index in [1.165, 1.54) is 0 Å². The number of anilines is 1. The highest BCUT2D eigenvalue weighted by Crippen LogP contribution is 2.19. The van der Waals surface area contributed by atoms with Gasteiger partial charge in [0, 0.05) is 19.1 Å². The summed E-state index contributed by atoms with van der Waals surface area (Å²) < 4.78 is 25.7. The second-order valence-corrected chi connectivity index (χ2v) is 7.48. The van der Waals surface area contributed by atoms with Crippen LogP contribution in [0.4, 0.5) is 5.95 Å². The number of nitrogens with zero attached hydrogens (tertiary/aromatic N) is 3. The third-order valence-electron chi connectivity index (χ3n) is 3.04. The van der Waals surface area contributed by atoms with Crippen LogP contribution in [0.3, 0.4) is 0 Å². The highest BCUT2D eigenvalue weighted by atomic mass is 32.2. The molecule has 1 aromatic heterocycles. The van der Waals surface area contributed by atoms with Gasteiger partial charge in [0.2, 0.25) is 5.95 Å². The van der Waals surface area contributed by atoms with Gasteiger partial charge in [0.1, 0.15) is 0 Å². The molecule has 1 aliphatic rings. The molecule has 0 bridgehead atoms. The second kappa shape index (κ2) is 5.00. The highest BCUT2D eigenvalue weighted by Gasteiger charge is 2.23. The molecule has 6 nitrogen and oxygen atoms in total. The minimum Gasteiger partial charge on any atom is -0.340 e. The van der Waals surface area contributed by atoms with Crippen molar-refractivity contribution in [3.05, 3.63) is 4.77 Å². The largest absolute Gasteiger partial charge is 0.340 e. The SMILES string of the molecule is CC(C)n1c(N2CCCS(=O)(=O)CC2)n[nH]c1=S. The maximum Gasteiger partial charge on any atom is 0.225 e. The summed E-state index contributed by atoms with van der Waals surface area (Å²) in [5, 5.41) is 7.01. The molecule has 2 rings (SSSR count). The summed E-state index contributed by atoms with van der Waals surface area (Å²) in [6.07, 6.45) is 0.639. The number of hydrogen-bond acceptors (Lipinski definition) is 5. The third kappa shape index (κ3) is 2.74. The van der Waals surface area contributed by atoms with Crippen LogP contribution in [0.5, 0.6) is 0 Å². The van der Waals surface area contributed by atoms with E-state index in [4.69, 9.17) is 12.2 Å². The molecule has 1 fully saturated rings. The van der Waals surface area contributed by atoms with Gasteiger partial charge in [-0.3, -0.25) is 4.57 Å². The molecule has 1 aliphatic heterocycles. The Kier molecular flexibility index (Phi) is 3.76. The van der Waals surface area contributed by atoms with Crippen molar-refractivity contribution < 1.29 is 8.42 Å². The number of H-pyrrole nitrogens is 1. The molecular weight excluding hydrogens is 272 g/mol. The van der Waals surface area contributed by atoms with Gasteiger partial charge in [-0.25, -0.2) is 13.5 Å². The molecule has 1 saturated heterocycles. The Balaban J connectivity index is 2.30. The predicted octanol–water partition coefficient (Wildman–Crippen LogP) is 1.15. The zero-order valence-electron chi connectivity index (χ0n) is 10.6. The van der Waals surface area contributed by atoms with Gasteiger partial charge >= 0.3 is 0 Å². The van der Waals surface area contributed by atoms with E-state index in [9.17, 15) is 8.42 Å². The molecule has 1 N–H and O–H groups in total. The lowest BCUT2D eigenvalue weighted by atomic mass is 10.4. The first-order chi connectivity index (χ1) is 8.41. The lowest BCUT2D eigenvalue weighted by Gasteiger charge is -2.22. The van der Waals surface area contributed by atoms with E-state index >= 15 is 0 Å². The fraction of sp³-hybridized carbons (Fsp3) is 0.800. The fourth-order valence-corrected chi connectivity index (χ4v) is 3.73. The average molecular weight is 290 g/mol. The standard InChI is InChI=1S/C10H18N4O2S2/c1-8(2)14-9(11-12-10(14)17)13-4-3-6-18(15,16)7-5-13/h8H,3-7H2,1-2H3,(H,12,17). The van der Waals surface area contributed by atoms with Crippen LogP contribution in [0.2, 0.25) is 0 Å². The molecule has 0 radical (unpaired) electrons. The first-order valence-corrected chi connectivity index (χ1v) is 8.26. The van der Waals surface area contributed by atoms with Crippen LogP contribution in [0.15, 0.2) is 0 Å². The predicted molar refractivity (Wildman–Crippen MR) is 73.3 cm³/mol. The van der Waals surface area contributed by atoms with Crippen molar-refractivity contribution in [1.29, 1.82) is 0 Å². The van der Waals surface area contributed by atoms with Crippen molar-refractivity contribution in [1.82, 2.24) is 14.8 Å². The molecule has 0 aliphatic carbocycles. The second-order valence-electron chi connectivity index (χ2n) is 4.78. The van der Waals surface area contributed by atoms with E-state index in [1.54, 1.807) is 0 Å². The van der Waals surface area contributed by atoms with Gasteiger partial charge < -0.3 is 4.90 Å². The Hall–Kier alpha value is -0.890. The van der Waals surface area contributed by atoms with Crippen molar-refractivity contribution in [3.8, 4) is 0 Å². The molecule has 18 heavy (non-hydrogen) atoms. The molecule has 2 heterocycles. The summed E-state index contributed by atoms with van der Waals surface area (Å²) in [7, 11) is -2.90. The summed E-state index contributed by atoms with van der Waals surface area (Å²) in [6, 6.07) is 0.200. The van der Waals surface area contributed by atoms with Gasteiger partial charge in [0.05, 0.1) is 11.5 Å². The molecule has 0 aromatic carbocycles. The number of rotatable bonds is 2. The van der Waals surface area contributed by atoms with Crippen molar-refractivity contribution in [2.45, 2.75) is 26.3 Å². The molecule has 102 valence electrons. The van der Waals surface area contributed by atoms with E-state index in [0.29, 0.717) is 24.3 Å². The summed E-state index contributed by atoms with van der Waals surface area (Å²) >= 11 is 5.20.